The van der Waals surface area contributed by atoms with Crippen molar-refractivity contribution in [3.05, 3.63) is 17.5 Å². The number of H-pyrrole nitrogens is 1. The van der Waals surface area contributed by atoms with Gasteiger partial charge in [0.25, 0.3) is 5.91 Å². The van der Waals surface area contributed by atoms with Crippen LogP contribution in [0.25, 0.3) is 0 Å². The molecule has 90 valence electrons. The number of methoxy groups -OCH3 is 1. The van der Waals surface area contributed by atoms with Crippen molar-refractivity contribution in [1.82, 2.24) is 15.1 Å². The van der Waals surface area contributed by atoms with Crippen molar-refractivity contribution in [2.24, 2.45) is 0 Å². The van der Waals surface area contributed by atoms with Crippen molar-refractivity contribution in [2.45, 2.75) is 6.92 Å². The van der Waals surface area contributed by atoms with Crippen molar-refractivity contribution in [3.63, 3.8) is 0 Å². The van der Waals surface area contributed by atoms with Crippen LogP contribution in [0.2, 0.25) is 0 Å². The van der Waals surface area contributed by atoms with Crippen molar-refractivity contribution in [3.8, 4) is 0 Å². The summed E-state index contributed by atoms with van der Waals surface area (Å²) in [6.45, 7) is 3.36. The monoisotopic (exact) mass is 245 g/mol. The molecule has 0 saturated heterocycles. The number of hydrogen-bond donors (Lipinski definition) is 1. The topological polar surface area (TPSA) is 58.2 Å². The molecule has 1 heterocycles. The molecule has 0 spiro atoms. The fourth-order valence-corrected chi connectivity index (χ4v) is 1.56. The lowest BCUT2D eigenvalue weighted by atomic mass is 10.2. The minimum Gasteiger partial charge on any atom is -0.383 e. The maximum atomic E-state index is 12.1. The lowest BCUT2D eigenvalue weighted by Crippen LogP contribution is -2.35. The summed E-state index contributed by atoms with van der Waals surface area (Å²) in [6, 6.07) is 0. The molecule has 1 aromatic rings. The average molecular weight is 246 g/mol. The molecule has 0 atom stereocenters. The number of nitrogens with one attached hydrogen (secondary N) is 1. The Kier molecular flexibility index (Phi) is 5.28. The molecular weight excluding hydrogens is 230 g/mol. The molecule has 5 nitrogen and oxygen atoms in total. The number of rotatable bonds is 6. The van der Waals surface area contributed by atoms with Crippen molar-refractivity contribution < 1.29 is 9.53 Å². The maximum Gasteiger partial charge on any atom is 0.257 e. The number of ether oxygens (including phenoxy) is 1. The Morgan fingerprint density at radius 2 is 2.38 bits per heavy atom. The third kappa shape index (κ3) is 3.21. The first-order valence-corrected chi connectivity index (χ1v) is 5.58. The van der Waals surface area contributed by atoms with Gasteiger partial charge in [0.05, 0.1) is 18.4 Å². The van der Waals surface area contributed by atoms with E-state index in [4.69, 9.17) is 16.3 Å². The fraction of sp³-hybridized carbons (Fsp3) is 0.600. The first kappa shape index (κ1) is 13.0. The molecule has 1 amide bonds. The summed E-state index contributed by atoms with van der Waals surface area (Å²) >= 11 is 5.66. The highest BCUT2D eigenvalue weighted by molar-refractivity contribution is 6.18. The number of nitrogens with zero attached hydrogens (tertiary/aromatic N) is 2. The predicted molar refractivity (Wildman–Crippen MR) is 61.8 cm³/mol. The van der Waals surface area contributed by atoms with Crippen LogP contribution in [0.3, 0.4) is 0 Å². The minimum atomic E-state index is -0.0658. The van der Waals surface area contributed by atoms with Gasteiger partial charge in [-0.25, -0.2) is 0 Å². The maximum absolute atomic E-state index is 12.1. The first-order chi connectivity index (χ1) is 7.70. The molecule has 1 aromatic heterocycles. The molecule has 0 saturated carbocycles. The Labute approximate surface area is 99.7 Å². The van der Waals surface area contributed by atoms with Crippen molar-refractivity contribution >= 4 is 17.5 Å². The van der Waals surface area contributed by atoms with Gasteiger partial charge in [0, 0.05) is 31.8 Å². The number of amides is 1. The largest absolute Gasteiger partial charge is 0.383 e. The minimum absolute atomic E-state index is 0.0658. The highest BCUT2D eigenvalue weighted by Gasteiger charge is 2.18. The predicted octanol–water partition coefficient (Wildman–Crippen LogP) is 1.05. The smallest absolute Gasteiger partial charge is 0.257 e. The molecule has 0 bridgehead atoms. The molecule has 0 aromatic carbocycles. The van der Waals surface area contributed by atoms with Gasteiger partial charge in [-0.05, 0) is 6.92 Å². The van der Waals surface area contributed by atoms with Crippen LogP contribution >= 0.6 is 11.6 Å². The molecule has 0 fully saturated rings. The van der Waals surface area contributed by atoms with E-state index in [2.05, 4.69) is 10.2 Å². The zero-order valence-electron chi connectivity index (χ0n) is 9.49. The van der Waals surface area contributed by atoms with E-state index < -0.39 is 0 Å². The van der Waals surface area contributed by atoms with Crippen molar-refractivity contribution in [1.29, 1.82) is 0 Å². The number of carbonyl (C=O) groups is 1. The highest BCUT2D eigenvalue weighted by Crippen LogP contribution is 2.07. The molecule has 1 N–H and O–H groups in total. The van der Waals surface area contributed by atoms with Gasteiger partial charge >= 0.3 is 0 Å². The third-order valence-electron chi connectivity index (χ3n) is 2.27. The average Bonchev–Trinajstić information content (AvgIpc) is 2.69. The van der Waals surface area contributed by atoms with Gasteiger partial charge in [-0.15, -0.1) is 11.6 Å². The second-order valence-corrected chi connectivity index (χ2v) is 3.76. The Morgan fingerprint density at radius 3 is 2.88 bits per heavy atom. The second kappa shape index (κ2) is 6.50. The van der Waals surface area contributed by atoms with E-state index >= 15 is 0 Å². The van der Waals surface area contributed by atoms with Gasteiger partial charge in [-0.1, -0.05) is 0 Å². The van der Waals surface area contributed by atoms with Crippen LogP contribution in [0.1, 0.15) is 16.1 Å². The van der Waals surface area contributed by atoms with E-state index in [0.29, 0.717) is 31.1 Å². The summed E-state index contributed by atoms with van der Waals surface area (Å²) in [4.78, 5) is 13.7. The summed E-state index contributed by atoms with van der Waals surface area (Å²) in [6.07, 6.45) is 1.53. The second-order valence-electron chi connectivity index (χ2n) is 3.38. The molecular formula is C10H16ClN3O2. The van der Waals surface area contributed by atoms with Crippen molar-refractivity contribution in [2.75, 3.05) is 32.7 Å². The van der Waals surface area contributed by atoms with Crippen LogP contribution in [-0.4, -0.2) is 53.7 Å². The van der Waals surface area contributed by atoms with Crippen LogP contribution in [0.15, 0.2) is 6.20 Å². The van der Waals surface area contributed by atoms with Crippen LogP contribution in [0.4, 0.5) is 0 Å². The van der Waals surface area contributed by atoms with Gasteiger partial charge < -0.3 is 9.64 Å². The van der Waals surface area contributed by atoms with Gasteiger partial charge in [0.1, 0.15) is 0 Å². The number of carbonyl (C=O) groups excluding carboxylic acids is 1. The summed E-state index contributed by atoms with van der Waals surface area (Å²) in [7, 11) is 1.60. The van der Waals surface area contributed by atoms with Gasteiger partial charge in [-0.3, -0.25) is 9.89 Å². The van der Waals surface area contributed by atoms with Crippen LogP contribution in [0, 0.1) is 6.92 Å². The zero-order chi connectivity index (χ0) is 12.0. The van der Waals surface area contributed by atoms with E-state index in [0.717, 1.165) is 5.69 Å². The van der Waals surface area contributed by atoms with Gasteiger partial charge in [0.15, 0.2) is 0 Å². The molecule has 0 aliphatic rings. The lowest BCUT2D eigenvalue weighted by Gasteiger charge is -2.20. The highest BCUT2D eigenvalue weighted by atomic mass is 35.5. The number of aryl methyl sites for hydroxylation is 1. The van der Waals surface area contributed by atoms with E-state index in [1.54, 1.807) is 12.0 Å². The quantitative estimate of drug-likeness (QED) is 0.762. The number of alkyl halides is 1. The summed E-state index contributed by atoms with van der Waals surface area (Å²) < 4.78 is 4.96. The Morgan fingerprint density at radius 1 is 1.62 bits per heavy atom. The van der Waals surface area contributed by atoms with E-state index in [9.17, 15) is 4.79 Å². The molecule has 6 heteroatoms. The first-order valence-electron chi connectivity index (χ1n) is 5.04. The van der Waals surface area contributed by atoms with E-state index in [1.807, 2.05) is 6.92 Å². The molecule has 0 aliphatic carbocycles. The normalized spacial score (nSPS) is 10.4. The summed E-state index contributed by atoms with van der Waals surface area (Å²) in [5.41, 5.74) is 1.35. The Bertz CT molecular complexity index is 341. The van der Waals surface area contributed by atoms with Gasteiger partial charge in [-0.2, -0.15) is 5.10 Å². The summed E-state index contributed by atoms with van der Waals surface area (Å²) in [5, 5.41) is 6.57. The molecule has 0 unspecified atom stereocenters. The molecule has 0 radical (unpaired) electrons. The number of halogens is 1. The summed E-state index contributed by atoms with van der Waals surface area (Å²) in [5.74, 6) is 0.343. The standard InChI is InChI=1S/C10H16ClN3O2/c1-8-9(7-12-13-8)10(15)14(4-3-11)5-6-16-2/h7H,3-6H2,1-2H3,(H,12,13). The van der Waals surface area contributed by atoms with Crippen LogP contribution < -0.4 is 0 Å². The van der Waals surface area contributed by atoms with Crippen LogP contribution in [-0.2, 0) is 4.74 Å². The third-order valence-corrected chi connectivity index (χ3v) is 2.44. The number of aromatic amines is 1. The molecule has 1 rings (SSSR count). The Hall–Kier alpha value is -1.07. The molecule has 0 aliphatic heterocycles. The molecule has 16 heavy (non-hydrogen) atoms. The van der Waals surface area contributed by atoms with Crippen LogP contribution in [0.5, 0.6) is 0 Å². The lowest BCUT2D eigenvalue weighted by molar-refractivity contribution is 0.0707. The van der Waals surface area contributed by atoms with E-state index in [-0.39, 0.29) is 5.91 Å². The SMILES string of the molecule is COCCN(CCCl)C(=O)c1cn[nH]c1C. The Balaban J connectivity index is 2.70. The number of hydrogen-bond acceptors (Lipinski definition) is 3. The number of aromatic nitrogens is 2. The fourth-order valence-electron chi connectivity index (χ4n) is 1.36. The zero-order valence-corrected chi connectivity index (χ0v) is 10.3. The van der Waals surface area contributed by atoms with E-state index in [1.165, 1.54) is 6.20 Å². The van der Waals surface area contributed by atoms with Gasteiger partial charge in [0.2, 0.25) is 0 Å².